The van der Waals surface area contributed by atoms with Crippen molar-refractivity contribution in [2.24, 2.45) is 5.92 Å². The summed E-state index contributed by atoms with van der Waals surface area (Å²) in [6.45, 7) is 6.45. The van der Waals surface area contributed by atoms with E-state index in [0.717, 1.165) is 17.5 Å². The molecule has 5 heteroatoms. The fraction of sp³-hybridized carbons (Fsp3) is 0.400. The van der Waals surface area contributed by atoms with Crippen molar-refractivity contribution in [2.45, 2.75) is 33.2 Å². The summed E-state index contributed by atoms with van der Waals surface area (Å²) in [6, 6.07) is 7.25. The predicted molar refractivity (Wildman–Crippen MR) is 80.9 cm³/mol. The summed E-state index contributed by atoms with van der Waals surface area (Å²) in [5, 5.41) is 15.3. The molecule has 1 unspecified atom stereocenters. The van der Waals surface area contributed by atoms with Crippen molar-refractivity contribution in [1.82, 2.24) is 4.98 Å². The van der Waals surface area contributed by atoms with Gasteiger partial charge < -0.3 is 5.32 Å². The zero-order chi connectivity index (χ0) is 14.7. The molecule has 1 atom stereocenters. The summed E-state index contributed by atoms with van der Waals surface area (Å²) in [5.74, 6) is 0.488. The monoisotopic (exact) mass is 273 g/mol. The number of non-ortho nitro benzene ring substituents is 1. The summed E-state index contributed by atoms with van der Waals surface area (Å²) >= 11 is 0. The van der Waals surface area contributed by atoms with Crippen molar-refractivity contribution in [1.29, 1.82) is 0 Å². The molecule has 0 aliphatic rings. The fourth-order valence-electron chi connectivity index (χ4n) is 2.37. The fourth-order valence-corrected chi connectivity index (χ4v) is 2.37. The number of nitrogens with zero attached hydrogens (tertiary/aromatic N) is 2. The third kappa shape index (κ3) is 2.71. The maximum atomic E-state index is 11.1. The number of aromatic nitrogens is 1. The highest BCUT2D eigenvalue weighted by atomic mass is 16.6. The first-order chi connectivity index (χ1) is 9.54. The minimum Gasteiger partial charge on any atom is -0.381 e. The predicted octanol–water partition coefficient (Wildman–Crippen LogP) is 3.99. The van der Waals surface area contributed by atoms with E-state index in [4.69, 9.17) is 0 Å². The van der Waals surface area contributed by atoms with Gasteiger partial charge in [-0.25, -0.2) is 4.98 Å². The number of nitrogens with one attached hydrogen (secondary N) is 1. The number of benzene rings is 1. The normalized spacial score (nSPS) is 12.6. The first-order valence-corrected chi connectivity index (χ1v) is 6.83. The minimum atomic E-state index is -0.390. The molecule has 0 radical (unpaired) electrons. The van der Waals surface area contributed by atoms with E-state index in [1.54, 1.807) is 12.3 Å². The van der Waals surface area contributed by atoms with Gasteiger partial charge in [0, 0.05) is 29.4 Å². The van der Waals surface area contributed by atoms with Crippen LogP contribution >= 0.6 is 0 Å². The van der Waals surface area contributed by atoms with Crippen LogP contribution in [0.15, 0.2) is 30.5 Å². The second-order valence-electron chi connectivity index (χ2n) is 5.19. The molecule has 0 fully saturated rings. The molecule has 20 heavy (non-hydrogen) atoms. The number of fused-ring (bicyclic) bond motifs is 1. The van der Waals surface area contributed by atoms with Gasteiger partial charge in [-0.2, -0.15) is 0 Å². The molecule has 0 aliphatic heterocycles. The van der Waals surface area contributed by atoms with Crippen LogP contribution in [0.4, 0.5) is 11.4 Å². The van der Waals surface area contributed by atoms with E-state index in [9.17, 15) is 10.1 Å². The SMILES string of the molecule is CCC(Nc1ccnc2c([N+](=O)[O-])cccc12)C(C)C. The molecule has 1 aromatic heterocycles. The summed E-state index contributed by atoms with van der Waals surface area (Å²) in [6.07, 6.45) is 2.61. The lowest BCUT2D eigenvalue weighted by Gasteiger charge is -2.22. The Kier molecular flexibility index (Phi) is 4.17. The molecule has 0 spiro atoms. The Bertz CT molecular complexity index is 626. The lowest BCUT2D eigenvalue weighted by Crippen LogP contribution is -2.24. The zero-order valence-electron chi connectivity index (χ0n) is 12.0. The number of para-hydroxylation sites is 1. The molecule has 2 aromatic rings. The average Bonchev–Trinajstić information content (AvgIpc) is 2.43. The van der Waals surface area contributed by atoms with E-state index >= 15 is 0 Å². The van der Waals surface area contributed by atoms with E-state index in [0.29, 0.717) is 17.5 Å². The highest BCUT2D eigenvalue weighted by Gasteiger charge is 2.16. The van der Waals surface area contributed by atoms with E-state index < -0.39 is 4.92 Å². The van der Waals surface area contributed by atoms with Gasteiger partial charge in [-0.1, -0.05) is 32.9 Å². The third-order valence-corrected chi connectivity index (χ3v) is 3.53. The van der Waals surface area contributed by atoms with E-state index in [2.05, 4.69) is 31.1 Å². The molecule has 1 heterocycles. The van der Waals surface area contributed by atoms with Gasteiger partial charge in [0.05, 0.1) is 4.92 Å². The molecule has 0 saturated carbocycles. The maximum absolute atomic E-state index is 11.1. The van der Waals surface area contributed by atoms with Gasteiger partial charge in [-0.3, -0.25) is 10.1 Å². The van der Waals surface area contributed by atoms with Crippen LogP contribution in [0.25, 0.3) is 10.9 Å². The molecule has 0 saturated heterocycles. The third-order valence-electron chi connectivity index (χ3n) is 3.53. The Morgan fingerprint density at radius 2 is 2.10 bits per heavy atom. The molecular weight excluding hydrogens is 254 g/mol. The number of pyridine rings is 1. The van der Waals surface area contributed by atoms with Gasteiger partial charge in [-0.05, 0) is 18.4 Å². The maximum Gasteiger partial charge on any atom is 0.295 e. The van der Waals surface area contributed by atoms with Crippen LogP contribution in [0.5, 0.6) is 0 Å². The van der Waals surface area contributed by atoms with Gasteiger partial charge in [0.15, 0.2) is 0 Å². The average molecular weight is 273 g/mol. The summed E-state index contributed by atoms with van der Waals surface area (Å²) in [7, 11) is 0. The van der Waals surface area contributed by atoms with Crippen molar-refractivity contribution in [3.63, 3.8) is 0 Å². The smallest absolute Gasteiger partial charge is 0.295 e. The van der Waals surface area contributed by atoms with Crippen molar-refractivity contribution in [3.05, 3.63) is 40.6 Å². The largest absolute Gasteiger partial charge is 0.381 e. The first-order valence-electron chi connectivity index (χ1n) is 6.83. The number of rotatable bonds is 5. The molecule has 1 aromatic carbocycles. The second-order valence-corrected chi connectivity index (χ2v) is 5.19. The van der Waals surface area contributed by atoms with Gasteiger partial charge in [0.1, 0.15) is 5.52 Å². The van der Waals surface area contributed by atoms with Crippen LogP contribution in [-0.2, 0) is 0 Å². The zero-order valence-corrected chi connectivity index (χ0v) is 12.0. The van der Waals surface area contributed by atoms with Crippen LogP contribution in [0.1, 0.15) is 27.2 Å². The highest BCUT2D eigenvalue weighted by Crippen LogP contribution is 2.29. The summed E-state index contributed by atoms with van der Waals surface area (Å²) in [4.78, 5) is 14.8. The molecule has 1 N–H and O–H groups in total. The number of hydrogen-bond acceptors (Lipinski definition) is 4. The Morgan fingerprint density at radius 1 is 1.35 bits per heavy atom. The topological polar surface area (TPSA) is 68.1 Å². The second kappa shape index (κ2) is 5.86. The first kappa shape index (κ1) is 14.2. The van der Waals surface area contributed by atoms with E-state index in [1.165, 1.54) is 6.07 Å². The molecule has 0 amide bonds. The Morgan fingerprint density at radius 3 is 2.70 bits per heavy atom. The van der Waals surface area contributed by atoms with Crippen LogP contribution in [0.2, 0.25) is 0 Å². The Hall–Kier alpha value is -2.17. The highest BCUT2D eigenvalue weighted by molar-refractivity contribution is 5.96. The summed E-state index contributed by atoms with van der Waals surface area (Å²) < 4.78 is 0. The van der Waals surface area contributed by atoms with Gasteiger partial charge in [-0.15, -0.1) is 0 Å². The van der Waals surface area contributed by atoms with Crippen molar-refractivity contribution in [2.75, 3.05) is 5.32 Å². The van der Waals surface area contributed by atoms with Crippen molar-refractivity contribution in [3.8, 4) is 0 Å². The molecular formula is C15H19N3O2. The quantitative estimate of drug-likeness (QED) is 0.660. The van der Waals surface area contributed by atoms with Gasteiger partial charge in [0.2, 0.25) is 0 Å². The number of nitro benzene ring substituents is 1. The number of hydrogen-bond donors (Lipinski definition) is 1. The van der Waals surface area contributed by atoms with Crippen LogP contribution in [0.3, 0.4) is 0 Å². The van der Waals surface area contributed by atoms with Crippen molar-refractivity contribution < 1.29 is 4.92 Å². The van der Waals surface area contributed by atoms with E-state index in [1.807, 2.05) is 12.1 Å². The standard InChI is InChI=1S/C15H19N3O2/c1-4-12(10(2)3)17-13-8-9-16-15-11(13)6-5-7-14(15)18(19)20/h5-10,12H,4H2,1-3H3,(H,16,17). The van der Waals surface area contributed by atoms with Crippen LogP contribution < -0.4 is 5.32 Å². The lowest BCUT2D eigenvalue weighted by atomic mass is 10.0. The molecule has 5 nitrogen and oxygen atoms in total. The molecule has 2 rings (SSSR count). The molecule has 0 bridgehead atoms. The molecule has 106 valence electrons. The minimum absolute atomic E-state index is 0.0451. The van der Waals surface area contributed by atoms with Gasteiger partial charge in [0.25, 0.3) is 5.69 Å². The van der Waals surface area contributed by atoms with Crippen LogP contribution in [-0.4, -0.2) is 15.9 Å². The Balaban J connectivity index is 2.50. The molecule has 0 aliphatic carbocycles. The Labute approximate surface area is 118 Å². The van der Waals surface area contributed by atoms with Crippen LogP contribution in [0, 0.1) is 16.0 Å². The number of anilines is 1. The number of nitro groups is 1. The summed E-state index contributed by atoms with van der Waals surface area (Å²) in [5.41, 5.74) is 1.38. The van der Waals surface area contributed by atoms with Crippen molar-refractivity contribution >= 4 is 22.3 Å². The van der Waals surface area contributed by atoms with Gasteiger partial charge >= 0.3 is 0 Å². The lowest BCUT2D eigenvalue weighted by molar-refractivity contribution is -0.383. The van der Waals surface area contributed by atoms with E-state index in [-0.39, 0.29) is 5.69 Å².